The van der Waals surface area contributed by atoms with Crippen molar-refractivity contribution in [1.29, 1.82) is 0 Å². The Hall–Kier alpha value is -1.99. The molecule has 2 aromatic rings. The van der Waals surface area contributed by atoms with Crippen LogP contribution in [-0.4, -0.2) is 16.2 Å². The molecule has 0 unspecified atom stereocenters. The van der Waals surface area contributed by atoms with Gasteiger partial charge in [-0.2, -0.15) is 4.98 Å². The van der Waals surface area contributed by atoms with Crippen molar-refractivity contribution in [2.24, 2.45) is 0 Å². The highest BCUT2D eigenvalue weighted by atomic mass is 35.5. The minimum absolute atomic E-state index is 0.0188. The monoisotopic (exact) mass is 298 g/mol. The zero-order valence-electron chi connectivity index (χ0n) is 9.62. The van der Waals surface area contributed by atoms with Crippen LogP contribution in [-0.2, 0) is 0 Å². The van der Waals surface area contributed by atoms with Crippen LogP contribution in [0.15, 0.2) is 18.2 Å². The molecule has 19 heavy (non-hydrogen) atoms. The van der Waals surface area contributed by atoms with Crippen molar-refractivity contribution in [2.45, 2.75) is 6.92 Å². The summed E-state index contributed by atoms with van der Waals surface area (Å²) in [5.74, 6) is 0.0628. The fourth-order valence-corrected chi connectivity index (χ4v) is 2.28. The van der Waals surface area contributed by atoms with Gasteiger partial charge in [-0.25, -0.2) is 0 Å². The number of carbonyl (C=O) groups excluding carboxylic acids is 1. The lowest BCUT2D eigenvalue weighted by atomic mass is 10.2. The Labute approximate surface area is 116 Å². The predicted octanol–water partition coefficient (Wildman–Crippen LogP) is 3.62. The van der Waals surface area contributed by atoms with Gasteiger partial charge in [0.15, 0.2) is 11.4 Å². The molecule has 0 bridgehead atoms. The van der Waals surface area contributed by atoms with Crippen molar-refractivity contribution in [2.75, 3.05) is 0 Å². The van der Waals surface area contributed by atoms with E-state index in [9.17, 15) is 14.9 Å². The summed E-state index contributed by atoms with van der Waals surface area (Å²) in [5, 5.41) is 11.0. The molecule has 0 saturated heterocycles. The number of ether oxygens (including phenoxy) is 1. The van der Waals surface area contributed by atoms with Crippen LogP contribution >= 0.6 is 22.9 Å². The van der Waals surface area contributed by atoms with Crippen LogP contribution in [0.5, 0.6) is 10.9 Å². The van der Waals surface area contributed by atoms with Gasteiger partial charge in [0.1, 0.15) is 4.88 Å². The predicted molar refractivity (Wildman–Crippen MR) is 70.4 cm³/mol. The number of nitrogens with zero attached hydrogens (tertiary/aromatic N) is 2. The van der Waals surface area contributed by atoms with Gasteiger partial charge in [-0.15, -0.1) is 0 Å². The molecule has 0 N–H and O–H groups in total. The summed E-state index contributed by atoms with van der Waals surface area (Å²) < 4.78 is 5.34. The molecule has 0 aliphatic rings. The number of nitro benzene ring substituents is 1. The SMILES string of the molecule is Cc1ccc([N+](=O)[O-])c(Oc2nc(Cl)c(C=O)s2)c1. The number of aromatic nitrogens is 1. The van der Waals surface area contributed by atoms with Crippen molar-refractivity contribution in [3.05, 3.63) is 43.9 Å². The van der Waals surface area contributed by atoms with Gasteiger partial charge in [0.25, 0.3) is 5.19 Å². The maximum Gasteiger partial charge on any atom is 0.311 e. The molecule has 1 aromatic heterocycles. The van der Waals surface area contributed by atoms with E-state index in [-0.39, 0.29) is 26.7 Å². The largest absolute Gasteiger partial charge is 0.423 e. The highest BCUT2D eigenvalue weighted by Crippen LogP contribution is 2.35. The second-order valence-corrected chi connectivity index (χ2v) is 4.93. The number of hydrogen-bond acceptors (Lipinski definition) is 6. The summed E-state index contributed by atoms with van der Waals surface area (Å²) in [5.41, 5.74) is 0.628. The number of aryl methyl sites for hydroxylation is 1. The molecule has 98 valence electrons. The Morgan fingerprint density at radius 2 is 2.26 bits per heavy atom. The summed E-state index contributed by atoms with van der Waals surface area (Å²) >= 11 is 6.62. The molecule has 2 rings (SSSR count). The first-order valence-corrected chi connectivity index (χ1v) is 6.25. The molecule has 6 nitrogen and oxygen atoms in total. The first-order valence-electron chi connectivity index (χ1n) is 5.05. The third-order valence-corrected chi connectivity index (χ3v) is 3.47. The molecule has 0 saturated carbocycles. The summed E-state index contributed by atoms with van der Waals surface area (Å²) in [4.78, 5) is 25.0. The molecule has 0 fully saturated rings. The molecule has 1 heterocycles. The lowest BCUT2D eigenvalue weighted by Crippen LogP contribution is -1.93. The third kappa shape index (κ3) is 2.88. The second-order valence-electron chi connectivity index (χ2n) is 3.58. The summed E-state index contributed by atoms with van der Waals surface area (Å²) in [6.45, 7) is 1.78. The standard InChI is InChI=1S/C11H7ClN2O4S/c1-6-2-3-7(14(16)17)8(4-6)18-11-13-10(12)9(5-15)19-11/h2-5H,1H3. The van der Waals surface area contributed by atoms with Crippen LogP contribution in [0.25, 0.3) is 0 Å². The molecule has 0 spiro atoms. The number of nitro groups is 1. The topological polar surface area (TPSA) is 82.3 Å². The Morgan fingerprint density at radius 3 is 2.84 bits per heavy atom. The number of aldehydes is 1. The molecule has 0 amide bonds. The quantitative estimate of drug-likeness (QED) is 0.489. The normalized spacial score (nSPS) is 10.2. The van der Waals surface area contributed by atoms with E-state index in [1.807, 2.05) is 0 Å². The Balaban J connectivity index is 2.39. The van der Waals surface area contributed by atoms with Crippen LogP contribution in [0.2, 0.25) is 5.15 Å². The van der Waals surface area contributed by atoms with Gasteiger partial charge in [0.2, 0.25) is 5.75 Å². The van der Waals surface area contributed by atoms with E-state index in [2.05, 4.69) is 4.98 Å². The van der Waals surface area contributed by atoms with Gasteiger partial charge in [-0.3, -0.25) is 14.9 Å². The maximum atomic E-state index is 10.9. The molecule has 0 atom stereocenters. The van der Waals surface area contributed by atoms with E-state index in [1.54, 1.807) is 13.0 Å². The molecular formula is C11H7ClN2O4S. The zero-order valence-corrected chi connectivity index (χ0v) is 11.2. The van der Waals surface area contributed by atoms with E-state index in [4.69, 9.17) is 16.3 Å². The van der Waals surface area contributed by atoms with E-state index >= 15 is 0 Å². The Kier molecular flexibility index (Phi) is 3.77. The van der Waals surface area contributed by atoms with Crippen LogP contribution in [0, 0.1) is 17.0 Å². The van der Waals surface area contributed by atoms with Gasteiger partial charge in [0, 0.05) is 6.07 Å². The van der Waals surface area contributed by atoms with Crippen LogP contribution in [0.3, 0.4) is 0 Å². The zero-order chi connectivity index (χ0) is 14.0. The van der Waals surface area contributed by atoms with Gasteiger partial charge in [-0.05, 0) is 18.6 Å². The number of benzene rings is 1. The van der Waals surface area contributed by atoms with E-state index in [1.165, 1.54) is 12.1 Å². The number of carbonyl (C=O) groups is 1. The van der Waals surface area contributed by atoms with Crippen molar-refractivity contribution < 1.29 is 14.5 Å². The van der Waals surface area contributed by atoms with Crippen molar-refractivity contribution in [1.82, 2.24) is 4.98 Å². The molecule has 0 aliphatic heterocycles. The summed E-state index contributed by atoms with van der Waals surface area (Å²) in [6, 6.07) is 4.48. The second kappa shape index (κ2) is 5.33. The van der Waals surface area contributed by atoms with E-state index < -0.39 is 4.92 Å². The Morgan fingerprint density at radius 1 is 1.53 bits per heavy atom. The average Bonchev–Trinajstić information content (AvgIpc) is 2.69. The van der Waals surface area contributed by atoms with Crippen LogP contribution < -0.4 is 4.74 Å². The smallest absolute Gasteiger partial charge is 0.311 e. The molecular weight excluding hydrogens is 292 g/mol. The first kappa shape index (κ1) is 13.4. The van der Waals surface area contributed by atoms with Gasteiger partial charge >= 0.3 is 5.69 Å². The fraction of sp³-hybridized carbons (Fsp3) is 0.0909. The highest BCUT2D eigenvalue weighted by molar-refractivity contribution is 7.15. The van der Waals surface area contributed by atoms with Gasteiger partial charge in [0.05, 0.1) is 4.92 Å². The Bertz CT molecular complexity index is 656. The van der Waals surface area contributed by atoms with Crippen molar-refractivity contribution in [3.63, 3.8) is 0 Å². The van der Waals surface area contributed by atoms with Gasteiger partial charge < -0.3 is 4.74 Å². The van der Waals surface area contributed by atoms with E-state index in [0.717, 1.165) is 16.9 Å². The highest BCUT2D eigenvalue weighted by Gasteiger charge is 2.18. The third-order valence-electron chi connectivity index (χ3n) is 2.21. The molecule has 8 heteroatoms. The van der Waals surface area contributed by atoms with Crippen molar-refractivity contribution >= 4 is 34.9 Å². The van der Waals surface area contributed by atoms with Crippen LogP contribution in [0.1, 0.15) is 15.2 Å². The minimum atomic E-state index is -0.551. The first-order chi connectivity index (χ1) is 9.01. The maximum absolute atomic E-state index is 10.9. The molecule has 0 aliphatic carbocycles. The van der Waals surface area contributed by atoms with Crippen molar-refractivity contribution in [3.8, 4) is 10.9 Å². The number of thiazole rings is 1. The lowest BCUT2D eigenvalue weighted by Gasteiger charge is -2.03. The lowest BCUT2D eigenvalue weighted by molar-refractivity contribution is -0.385. The fourth-order valence-electron chi connectivity index (χ4n) is 1.36. The van der Waals surface area contributed by atoms with Crippen LogP contribution in [0.4, 0.5) is 5.69 Å². The minimum Gasteiger partial charge on any atom is -0.423 e. The van der Waals surface area contributed by atoms with E-state index in [0.29, 0.717) is 6.29 Å². The summed E-state index contributed by atoms with van der Waals surface area (Å²) in [7, 11) is 0. The average molecular weight is 299 g/mol. The number of halogens is 1. The van der Waals surface area contributed by atoms with Gasteiger partial charge in [-0.1, -0.05) is 29.0 Å². The number of rotatable bonds is 4. The molecule has 0 radical (unpaired) electrons. The number of hydrogen-bond donors (Lipinski definition) is 0. The molecule has 1 aromatic carbocycles. The summed E-state index contributed by atoms with van der Waals surface area (Å²) in [6.07, 6.45) is 0.553.